The standard InChI is InChI=1S/C17H15ClN2O4.Na/c1-10(13-4-2-3-7-19-13)23-16-9-15-11(8-12(16)18)14(20-24-15)5-6-17(21)22;/h2-4,7-10H,5-6H2,1H3,(H,21,22);/q;+1/p-1/t10-;/m1./s1. The molecular formula is C17H14ClN2NaO4. The molecule has 2 heterocycles. The van der Waals surface area contributed by atoms with Gasteiger partial charge in [0.2, 0.25) is 0 Å². The van der Waals surface area contributed by atoms with Crippen molar-refractivity contribution in [3.63, 3.8) is 0 Å². The molecule has 2 aromatic heterocycles. The summed E-state index contributed by atoms with van der Waals surface area (Å²) in [5.41, 5.74) is 1.79. The summed E-state index contributed by atoms with van der Waals surface area (Å²) in [7, 11) is 0. The van der Waals surface area contributed by atoms with Gasteiger partial charge < -0.3 is 19.2 Å². The number of pyridine rings is 1. The topological polar surface area (TPSA) is 88.3 Å². The Balaban J connectivity index is 0.00000225. The Morgan fingerprint density at radius 3 is 2.88 bits per heavy atom. The minimum Gasteiger partial charge on any atom is -0.550 e. The number of rotatable bonds is 6. The van der Waals surface area contributed by atoms with Gasteiger partial charge in [0.1, 0.15) is 11.9 Å². The van der Waals surface area contributed by atoms with E-state index in [4.69, 9.17) is 20.9 Å². The van der Waals surface area contributed by atoms with Gasteiger partial charge in [0.05, 0.1) is 16.4 Å². The van der Waals surface area contributed by atoms with Gasteiger partial charge in [-0.2, -0.15) is 0 Å². The van der Waals surface area contributed by atoms with E-state index < -0.39 is 5.97 Å². The largest absolute Gasteiger partial charge is 1.00 e. The molecule has 0 bridgehead atoms. The number of hydrogen-bond donors (Lipinski definition) is 0. The van der Waals surface area contributed by atoms with E-state index in [0.717, 1.165) is 5.69 Å². The molecule has 0 aliphatic heterocycles. The van der Waals surface area contributed by atoms with Gasteiger partial charge in [-0.25, -0.2) is 0 Å². The fourth-order valence-electron chi connectivity index (χ4n) is 2.35. The summed E-state index contributed by atoms with van der Waals surface area (Å²) in [5.74, 6) is -0.689. The third-order valence-corrected chi connectivity index (χ3v) is 3.87. The van der Waals surface area contributed by atoms with Crippen molar-refractivity contribution in [3.05, 3.63) is 52.9 Å². The summed E-state index contributed by atoms with van der Waals surface area (Å²) in [6.07, 6.45) is 1.49. The Morgan fingerprint density at radius 1 is 1.40 bits per heavy atom. The predicted octanol–water partition coefficient (Wildman–Crippen LogP) is -0.297. The Kier molecular flexibility index (Phi) is 6.84. The van der Waals surface area contributed by atoms with Crippen molar-refractivity contribution in [2.45, 2.75) is 25.9 Å². The van der Waals surface area contributed by atoms with Crippen LogP contribution in [0.1, 0.15) is 30.8 Å². The molecule has 0 fully saturated rings. The van der Waals surface area contributed by atoms with Gasteiger partial charge in [0.25, 0.3) is 0 Å². The number of ether oxygens (including phenoxy) is 1. The first kappa shape index (κ1) is 19.7. The van der Waals surface area contributed by atoms with Crippen molar-refractivity contribution in [2.75, 3.05) is 0 Å². The molecule has 3 rings (SSSR count). The molecule has 0 spiro atoms. The average Bonchev–Trinajstić information content (AvgIpc) is 2.96. The first-order chi connectivity index (χ1) is 11.5. The second-order valence-corrected chi connectivity index (χ2v) is 5.70. The molecule has 0 saturated heterocycles. The number of fused-ring (bicyclic) bond motifs is 1. The smallest absolute Gasteiger partial charge is 0.550 e. The number of nitrogens with zero attached hydrogens (tertiary/aromatic N) is 2. The molecule has 0 saturated carbocycles. The van der Waals surface area contributed by atoms with Crippen LogP contribution in [-0.4, -0.2) is 16.1 Å². The van der Waals surface area contributed by atoms with Crippen LogP contribution in [0.25, 0.3) is 11.0 Å². The first-order valence-electron chi connectivity index (χ1n) is 7.40. The minimum atomic E-state index is -1.14. The van der Waals surface area contributed by atoms with Crippen molar-refractivity contribution in [2.24, 2.45) is 0 Å². The number of carboxylic acid groups (broad SMARTS) is 1. The molecular weight excluding hydrogens is 355 g/mol. The predicted molar refractivity (Wildman–Crippen MR) is 85.6 cm³/mol. The number of hydrogen-bond acceptors (Lipinski definition) is 6. The zero-order chi connectivity index (χ0) is 17.1. The van der Waals surface area contributed by atoms with Gasteiger partial charge in [-0.1, -0.05) is 22.8 Å². The third kappa shape index (κ3) is 4.73. The van der Waals surface area contributed by atoms with Gasteiger partial charge >= 0.3 is 29.6 Å². The van der Waals surface area contributed by atoms with Gasteiger partial charge in [-0.05, 0) is 38.0 Å². The van der Waals surface area contributed by atoms with Crippen LogP contribution >= 0.6 is 11.6 Å². The Labute approximate surface area is 171 Å². The van der Waals surface area contributed by atoms with E-state index in [2.05, 4.69) is 10.1 Å². The van der Waals surface area contributed by atoms with Crippen LogP contribution in [0.5, 0.6) is 5.75 Å². The number of carbonyl (C=O) groups excluding carboxylic acids is 1. The Hall–Kier alpha value is -1.60. The summed E-state index contributed by atoms with van der Waals surface area (Å²) in [6.45, 7) is 1.87. The third-order valence-electron chi connectivity index (χ3n) is 3.57. The van der Waals surface area contributed by atoms with Crippen LogP contribution in [0.2, 0.25) is 5.02 Å². The van der Waals surface area contributed by atoms with E-state index in [1.54, 1.807) is 18.3 Å². The zero-order valence-electron chi connectivity index (χ0n) is 13.9. The molecule has 0 amide bonds. The van der Waals surface area contributed by atoms with Crippen LogP contribution in [-0.2, 0) is 11.2 Å². The van der Waals surface area contributed by atoms with Crippen molar-refractivity contribution in [1.82, 2.24) is 10.1 Å². The number of aryl methyl sites for hydroxylation is 1. The number of carboxylic acids is 1. The van der Waals surface area contributed by atoms with Gasteiger partial charge in [0, 0.05) is 23.6 Å². The summed E-state index contributed by atoms with van der Waals surface area (Å²) >= 11 is 6.28. The second-order valence-electron chi connectivity index (χ2n) is 5.29. The normalized spacial score (nSPS) is 11.8. The van der Waals surface area contributed by atoms with Gasteiger partial charge in [-0.3, -0.25) is 4.98 Å². The number of halogens is 1. The Bertz CT molecular complexity index is 870. The molecule has 8 heteroatoms. The summed E-state index contributed by atoms with van der Waals surface area (Å²) in [4.78, 5) is 14.8. The fraction of sp³-hybridized carbons (Fsp3) is 0.235. The molecule has 0 radical (unpaired) electrons. The van der Waals surface area contributed by atoms with E-state index in [1.165, 1.54) is 0 Å². The van der Waals surface area contributed by atoms with Crippen LogP contribution in [0, 0.1) is 0 Å². The minimum absolute atomic E-state index is 0. The maximum atomic E-state index is 10.6. The maximum Gasteiger partial charge on any atom is 1.00 e. The maximum absolute atomic E-state index is 10.6. The molecule has 25 heavy (non-hydrogen) atoms. The van der Waals surface area contributed by atoms with Crippen LogP contribution in [0.4, 0.5) is 0 Å². The number of aromatic nitrogens is 2. The van der Waals surface area contributed by atoms with Crippen molar-refractivity contribution >= 4 is 28.5 Å². The van der Waals surface area contributed by atoms with E-state index in [-0.39, 0.29) is 48.5 Å². The van der Waals surface area contributed by atoms with Crippen molar-refractivity contribution < 1.29 is 48.7 Å². The second kappa shape index (κ2) is 8.67. The molecule has 6 nitrogen and oxygen atoms in total. The SMILES string of the molecule is C[C@@H](Oc1cc2onc(CCC(=O)[O-])c2cc1Cl)c1ccccn1.[Na+]. The molecule has 124 valence electrons. The van der Waals surface area contributed by atoms with E-state index in [9.17, 15) is 9.90 Å². The summed E-state index contributed by atoms with van der Waals surface area (Å²) < 4.78 is 11.1. The average molecular weight is 369 g/mol. The molecule has 1 aromatic carbocycles. The molecule has 0 aliphatic carbocycles. The fourth-order valence-corrected chi connectivity index (χ4v) is 2.56. The van der Waals surface area contributed by atoms with Crippen LogP contribution in [0.3, 0.4) is 0 Å². The van der Waals surface area contributed by atoms with E-state index in [1.807, 2.05) is 25.1 Å². The zero-order valence-corrected chi connectivity index (χ0v) is 16.6. The van der Waals surface area contributed by atoms with Crippen LogP contribution < -0.4 is 39.4 Å². The van der Waals surface area contributed by atoms with Gasteiger partial charge in [-0.15, -0.1) is 0 Å². The molecule has 1 atom stereocenters. The van der Waals surface area contributed by atoms with Crippen molar-refractivity contribution in [1.29, 1.82) is 0 Å². The van der Waals surface area contributed by atoms with Crippen LogP contribution in [0.15, 0.2) is 41.1 Å². The van der Waals surface area contributed by atoms with E-state index >= 15 is 0 Å². The summed E-state index contributed by atoms with van der Waals surface area (Å²) in [5, 5.41) is 15.5. The Morgan fingerprint density at radius 2 is 2.20 bits per heavy atom. The summed E-state index contributed by atoms with van der Waals surface area (Å²) in [6, 6.07) is 8.89. The quantitative estimate of drug-likeness (QED) is 0.555. The van der Waals surface area contributed by atoms with E-state index in [0.29, 0.717) is 27.4 Å². The monoisotopic (exact) mass is 368 g/mol. The molecule has 0 aliphatic rings. The molecule has 0 unspecified atom stereocenters. The number of benzene rings is 1. The number of carbonyl (C=O) groups is 1. The molecule has 0 N–H and O–H groups in total. The van der Waals surface area contributed by atoms with Crippen molar-refractivity contribution in [3.8, 4) is 5.75 Å². The van der Waals surface area contributed by atoms with Gasteiger partial charge in [0.15, 0.2) is 5.58 Å². The first-order valence-corrected chi connectivity index (χ1v) is 7.77. The number of aliphatic carboxylic acids is 1. The molecule has 3 aromatic rings.